The van der Waals surface area contributed by atoms with Crippen LogP contribution in [0.4, 0.5) is 0 Å². The van der Waals surface area contributed by atoms with E-state index in [0.717, 1.165) is 15.4 Å². The summed E-state index contributed by atoms with van der Waals surface area (Å²) in [7, 11) is 0. The van der Waals surface area contributed by atoms with E-state index in [4.69, 9.17) is 16.4 Å². The molecule has 0 amide bonds. The second-order valence-electron chi connectivity index (χ2n) is 3.68. The highest BCUT2D eigenvalue weighted by molar-refractivity contribution is 9.10. The smallest absolute Gasteiger partial charge is 0.107 e. The molecular formula is C10H13BrClNOS. The van der Waals surface area contributed by atoms with E-state index >= 15 is 0 Å². The molecule has 0 saturated heterocycles. The Morgan fingerprint density at radius 3 is 2.87 bits per heavy atom. The molecule has 0 bridgehead atoms. The largest absolute Gasteiger partial charge is 0.298 e. The van der Waals surface area contributed by atoms with Gasteiger partial charge in [-0.3, -0.25) is 4.84 Å². The van der Waals surface area contributed by atoms with Gasteiger partial charge in [-0.1, -0.05) is 24.4 Å². The quantitative estimate of drug-likeness (QED) is 0.844. The minimum absolute atomic E-state index is 0.406. The molecule has 0 atom stereocenters. The predicted molar refractivity (Wildman–Crippen MR) is 67.2 cm³/mol. The molecule has 0 unspecified atom stereocenters. The van der Waals surface area contributed by atoms with Gasteiger partial charge in [0.15, 0.2) is 0 Å². The summed E-state index contributed by atoms with van der Waals surface area (Å²) in [6, 6.07) is 2.03. The summed E-state index contributed by atoms with van der Waals surface area (Å²) in [5.41, 5.74) is 3.02. The normalized spacial score (nSPS) is 17.5. The number of thiophene rings is 1. The van der Waals surface area contributed by atoms with Crippen molar-refractivity contribution in [1.82, 2.24) is 5.48 Å². The molecule has 1 aromatic rings. The van der Waals surface area contributed by atoms with E-state index in [1.54, 1.807) is 11.3 Å². The molecule has 1 saturated carbocycles. The molecule has 1 heterocycles. The van der Waals surface area contributed by atoms with E-state index in [2.05, 4.69) is 21.4 Å². The van der Waals surface area contributed by atoms with Crippen LogP contribution in [0.15, 0.2) is 10.5 Å². The third kappa shape index (κ3) is 3.43. The lowest BCUT2D eigenvalue weighted by Crippen LogP contribution is -2.20. The van der Waals surface area contributed by atoms with E-state index in [9.17, 15) is 0 Å². The standard InChI is InChI=1S/C10H13BrClNOS/c11-9-5-8(15-10(9)12)6-13-14-7-3-1-2-4-7/h5,7,13H,1-4,6H2. The van der Waals surface area contributed by atoms with E-state index in [1.165, 1.54) is 30.6 Å². The Kier molecular flexibility index (Phi) is 4.46. The predicted octanol–water partition coefficient (Wildman–Crippen LogP) is 4.13. The van der Waals surface area contributed by atoms with Crippen LogP contribution in [0.5, 0.6) is 0 Å². The Balaban J connectivity index is 1.73. The summed E-state index contributed by atoms with van der Waals surface area (Å²) >= 11 is 10.9. The minimum atomic E-state index is 0.406. The monoisotopic (exact) mass is 309 g/mol. The first-order chi connectivity index (χ1) is 7.25. The van der Waals surface area contributed by atoms with Gasteiger partial charge in [0.1, 0.15) is 4.34 Å². The zero-order valence-electron chi connectivity index (χ0n) is 8.26. The molecule has 5 heteroatoms. The van der Waals surface area contributed by atoms with Gasteiger partial charge in [-0.25, -0.2) is 0 Å². The summed E-state index contributed by atoms with van der Waals surface area (Å²) in [6.45, 7) is 0.729. The van der Waals surface area contributed by atoms with Gasteiger partial charge in [-0.05, 0) is 34.8 Å². The molecule has 1 fully saturated rings. The fourth-order valence-corrected chi connectivity index (χ4v) is 3.43. The Morgan fingerprint density at radius 2 is 2.27 bits per heavy atom. The first kappa shape index (κ1) is 11.9. The van der Waals surface area contributed by atoms with E-state index < -0.39 is 0 Å². The van der Waals surface area contributed by atoms with Crippen molar-refractivity contribution in [3.05, 3.63) is 19.8 Å². The zero-order valence-corrected chi connectivity index (χ0v) is 11.4. The van der Waals surface area contributed by atoms with Crippen molar-refractivity contribution in [1.29, 1.82) is 0 Å². The Hall–Kier alpha value is 0.390. The fourth-order valence-electron chi connectivity index (χ4n) is 1.72. The molecule has 1 aliphatic carbocycles. The number of rotatable bonds is 4. The van der Waals surface area contributed by atoms with E-state index in [0.29, 0.717) is 6.10 Å². The Bertz CT molecular complexity index is 306. The van der Waals surface area contributed by atoms with Crippen LogP contribution >= 0.6 is 38.9 Å². The highest BCUT2D eigenvalue weighted by atomic mass is 79.9. The lowest BCUT2D eigenvalue weighted by atomic mass is 10.3. The third-order valence-corrected chi connectivity index (χ3v) is 4.97. The number of hydroxylamine groups is 1. The van der Waals surface area contributed by atoms with Crippen LogP contribution in [0, 0.1) is 0 Å². The summed E-state index contributed by atoms with van der Waals surface area (Å²) < 4.78 is 1.76. The maximum absolute atomic E-state index is 5.94. The van der Waals surface area contributed by atoms with Crippen molar-refractivity contribution in [2.24, 2.45) is 0 Å². The van der Waals surface area contributed by atoms with Gasteiger partial charge in [0.25, 0.3) is 0 Å². The summed E-state index contributed by atoms with van der Waals surface area (Å²) in [5.74, 6) is 0. The summed E-state index contributed by atoms with van der Waals surface area (Å²) in [4.78, 5) is 6.74. The molecule has 84 valence electrons. The molecule has 1 N–H and O–H groups in total. The topological polar surface area (TPSA) is 21.3 Å². The maximum Gasteiger partial charge on any atom is 0.107 e. The van der Waals surface area contributed by atoms with Gasteiger partial charge >= 0.3 is 0 Å². The van der Waals surface area contributed by atoms with Crippen LogP contribution in [0.25, 0.3) is 0 Å². The van der Waals surface area contributed by atoms with Gasteiger partial charge in [0.05, 0.1) is 12.6 Å². The van der Waals surface area contributed by atoms with Crippen LogP contribution < -0.4 is 5.48 Å². The van der Waals surface area contributed by atoms with Crippen molar-refractivity contribution in [2.45, 2.75) is 38.3 Å². The zero-order chi connectivity index (χ0) is 10.7. The van der Waals surface area contributed by atoms with Gasteiger partial charge in [0, 0.05) is 9.35 Å². The van der Waals surface area contributed by atoms with Crippen molar-refractivity contribution < 1.29 is 4.84 Å². The molecular weight excluding hydrogens is 298 g/mol. The highest BCUT2D eigenvalue weighted by Gasteiger charge is 2.15. The van der Waals surface area contributed by atoms with Gasteiger partial charge in [-0.2, -0.15) is 5.48 Å². The number of hydrogen-bond acceptors (Lipinski definition) is 3. The van der Waals surface area contributed by atoms with Crippen molar-refractivity contribution in [3.63, 3.8) is 0 Å². The lowest BCUT2D eigenvalue weighted by molar-refractivity contribution is -0.0239. The van der Waals surface area contributed by atoms with Gasteiger partial charge in [0.2, 0.25) is 0 Å². The summed E-state index contributed by atoms with van der Waals surface area (Å²) in [5, 5.41) is 0. The van der Waals surface area contributed by atoms with Gasteiger partial charge in [-0.15, -0.1) is 11.3 Å². The average molecular weight is 311 g/mol. The molecule has 1 aromatic heterocycles. The lowest BCUT2D eigenvalue weighted by Gasteiger charge is -2.10. The molecule has 15 heavy (non-hydrogen) atoms. The Morgan fingerprint density at radius 1 is 1.53 bits per heavy atom. The fraction of sp³-hybridized carbons (Fsp3) is 0.600. The van der Waals surface area contributed by atoms with Crippen molar-refractivity contribution >= 4 is 38.9 Å². The minimum Gasteiger partial charge on any atom is -0.298 e. The van der Waals surface area contributed by atoms with E-state index in [1.807, 2.05) is 6.07 Å². The summed E-state index contributed by atoms with van der Waals surface area (Å²) in [6.07, 6.45) is 5.36. The molecule has 2 rings (SSSR count). The van der Waals surface area contributed by atoms with Crippen LogP contribution in [0.3, 0.4) is 0 Å². The maximum atomic E-state index is 5.94. The van der Waals surface area contributed by atoms with Crippen LogP contribution in [0.1, 0.15) is 30.6 Å². The average Bonchev–Trinajstić information content (AvgIpc) is 2.79. The van der Waals surface area contributed by atoms with Crippen LogP contribution in [0.2, 0.25) is 4.34 Å². The van der Waals surface area contributed by atoms with E-state index in [-0.39, 0.29) is 0 Å². The first-order valence-corrected chi connectivity index (χ1v) is 7.06. The second kappa shape index (κ2) is 5.64. The molecule has 2 nitrogen and oxygen atoms in total. The van der Waals surface area contributed by atoms with Crippen LogP contribution in [-0.4, -0.2) is 6.10 Å². The first-order valence-electron chi connectivity index (χ1n) is 5.08. The molecule has 0 spiro atoms. The SMILES string of the molecule is Clc1sc(CNOC2CCCC2)cc1Br. The number of nitrogens with one attached hydrogen (secondary N) is 1. The molecule has 1 aliphatic rings. The van der Waals surface area contributed by atoms with Gasteiger partial charge < -0.3 is 0 Å². The molecule has 0 radical (unpaired) electrons. The number of halogens is 2. The number of hydrogen-bond donors (Lipinski definition) is 1. The highest BCUT2D eigenvalue weighted by Crippen LogP contribution is 2.31. The molecule has 0 aliphatic heterocycles. The third-order valence-electron chi connectivity index (χ3n) is 2.49. The second-order valence-corrected chi connectivity index (χ2v) is 6.27. The molecule has 0 aromatic carbocycles. The Labute approximate surface area is 107 Å². The van der Waals surface area contributed by atoms with Crippen molar-refractivity contribution in [2.75, 3.05) is 0 Å². The van der Waals surface area contributed by atoms with Crippen LogP contribution in [-0.2, 0) is 11.4 Å². The van der Waals surface area contributed by atoms with Crippen molar-refractivity contribution in [3.8, 4) is 0 Å².